The van der Waals surface area contributed by atoms with Gasteiger partial charge in [0.05, 0.1) is 12.6 Å². The smallest absolute Gasteiger partial charge is 1.00 e. The Morgan fingerprint density at radius 2 is 1.81 bits per heavy atom. The summed E-state index contributed by atoms with van der Waals surface area (Å²) in [7, 11) is 1.59. The van der Waals surface area contributed by atoms with Gasteiger partial charge >= 0.3 is 30.9 Å². The van der Waals surface area contributed by atoms with Crippen LogP contribution in [0.1, 0.15) is 38.9 Å². The molecule has 1 aliphatic heterocycles. The number of hydrogen-bond donors (Lipinski definition) is 1. The Labute approximate surface area is 232 Å². The maximum atomic E-state index is 13.2. The molecule has 0 spiro atoms. The van der Waals surface area contributed by atoms with Crippen molar-refractivity contribution in [3.63, 3.8) is 0 Å². The largest absolute Gasteiger partial charge is 1.00 e. The van der Waals surface area contributed by atoms with Gasteiger partial charge in [-0.3, -0.25) is 14.6 Å². The molecule has 0 aromatic heterocycles. The van der Waals surface area contributed by atoms with Gasteiger partial charge in [-0.25, -0.2) is 4.79 Å². The van der Waals surface area contributed by atoms with Gasteiger partial charge in [-0.05, 0) is 62.4 Å². The number of hydrogen-bond acceptors (Lipinski definition) is 5. The topological polar surface area (TPSA) is 79.3 Å². The molecule has 0 saturated carbocycles. The molecule has 0 aliphatic carbocycles. The van der Waals surface area contributed by atoms with Gasteiger partial charge in [0.15, 0.2) is 0 Å². The normalized spacial score (nSPS) is 16.2. The number of carboxylic acid groups (broad SMARTS) is 1. The number of aliphatic carboxylic acids is 1. The van der Waals surface area contributed by atoms with Crippen molar-refractivity contribution in [2.24, 2.45) is 0 Å². The number of benzene rings is 2. The molecule has 36 heavy (non-hydrogen) atoms. The van der Waals surface area contributed by atoms with Crippen molar-refractivity contribution in [3.05, 3.63) is 70.2 Å². The van der Waals surface area contributed by atoms with Crippen molar-refractivity contribution in [2.45, 2.75) is 57.8 Å². The summed E-state index contributed by atoms with van der Waals surface area (Å²) in [5, 5.41) is 10.8. The third-order valence-corrected chi connectivity index (χ3v) is 6.33. The van der Waals surface area contributed by atoms with Gasteiger partial charge < -0.3 is 16.0 Å². The summed E-state index contributed by atoms with van der Waals surface area (Å²) in [6, 6.07) is 14.2. The maximum Gasteiger partial charge on any atom is 1.00 e. The maximum absolute atomic E-state index is 13.2. The molecule has 2 atom stereocenters. The third-order valence-electron chi connectivity index (χ3n) is 6.08. The minimum absolute atomic E-state index is 0. The van der Waals surface area contributed by atoms with Crippen LogP contribution in [0.15, 0.2) is 48.5 Å². The average molecular weight is 511 g/mol. The number of nitrogens with zero attached hydrogens (tertiary/aromatic N) is 2. The van der Waals surface area contributed by atoms with Gasteiger partial charge in [-0.1, -0.05) is 48.0 Å². The van der Waals surface area contributed by atoms with E-state index in [2.05, 4.69) is 6.07 Å². The molecular weight excluding hydrogens is 475 g/mol. The molecule has 3 rings (SSSR count). The average Bonchev–Trinajstić information content (AvgIpc) is 2.79. The predicted molar refractivity (Wildman–Crippen MR) is 137 cm³/mol. The molecule has 1 N–H and O–H groups in total. The Kier molecular flexibility index (Phi) is 11.3. The van der Waals surface area contributed by atoms with E-state index in [1.54, 1.807) is 24.1 Å². The molecule has 1 heterocycles. The molecule has 0 radical (unpaired) electrons. The zero-order valence-electron chi connectivity index (χ0n) is 22.9. The van der Waals surface area contributed by atoms with Crippen molar-refractivity contribution in [1.82, 2.24) is 9.80 Å². The van der Waals surface area contributed by atoms with Gasteiger partial charge in [0.2, 0.25) is 0 Å². The second kappa shape index (κ2) is 13.5. The number of carboxylic acids is 1. The third kappa shape index (κ3) is 8.54. The summed E-state index contributed by atoms with van der Waals surface area (Å²) in [6.07, 6.45) is 0.534. The van der Waals surface area contributed by atoms with E-state index >= 15 is 0 Å². The van der Waals surface area contributed by atoms with Crippen LogP contribution < -0.4 is 18.9 Å². The number of carbonyl (C=O) groups is 2. The van der Waals surface area contributed by atoms with Crippen LogP contribution in [0.3, 0.4) is 0 Å². The van der Waals surface area contributed by atoms with Gasteiger partial charge in [0, 0.05) is 31.8 Å². The minimum atomic E-state index is -0.920. The Morgan fingerprint density at radius 1 is 1.17 bits per heavy atom. The van der Waals surface area contributed by atoms with Gasteiger partial charge in [-0.2, -0.15) is 0 Å². The van der Waals surface area contributed by atoms with E-state index in [0.717, 1.165) is 16.7 Å². The first kappa shape index (κ1) is 30.2. The monoisotopic (exact) mass is 510 g/mol. The second-order valence-electron chi connectivity index (χ2n) is 9.91. The Hall–Kier alpha value is -2.01. The minimum Gasteiger partial charge on any atom is -1.00 e. The van der Waals surface area contributed by atoms with E-state index in [4.69, 9.17) is 21.1 Å². The van der Waals surface area contributed by atoms with Crippen LogP contribution in [0.4, 0.5) is 4.79 Å². The van der Waals surface area contributed by atoms with Crippen molar-refractivity contribution in [1.29, 1.82) is 0 Å². The van der Waals surface area contributed by atoms with E-state index < -0.39 is 23.7 Å². The fraction of sp³-hybridized carbons (Fsp3) is 0.481. The summed E-state index contributed by atoms with van der Waals surface area (Å²) >= 11 is 6.01. The number of carbonyl (C=O) groups excluding carboxylic acids is 1. The Bertz CT molecular complexity index is 1020. The van der Waals surface area contributed by atoms with Crippen molar-refractivity contribution in [3.8, 4) is 0 Å². The van der Waals surface area contributed by atoms with Crippen LogP contribution in [0.25, 0.3) is 0 Å². The molecule has 2 aromatic rings. The molecule has 1 aliphatic rings. The molecule has 0 bridgehead atoms. The first-order valence-electron chi connectivity index (χ1n) is 11.8. The zero-order valence-corrected chi connectivity index (χ0v) is 22.6. The van der Waals surface area contributed by atoms with Crippen LogP contribution in [0.5, 0.6) is 0 Å². The number of rotatable bonds is 9. The summed E-state index contributed by atoms with van der Waals surface area (Å²) in [5.74, 6) is -0.920. The van der Waals surface area contributed by atoms with Crippen LogP contribution in [0, 0.1) is 0 Å². The van der Waals surface area contributed by atoms with E-state index in [1.807, 2.05) is 56.0 Å². The Balaban J connectivity index is 0.00000342. The van der Waals surface area contributed by atoms with E-state index in [-0.39, 0.29) is 26.3 Å². The van der Waals surface area contributed by atoms with Gasteiger partial charge in [0.1, 0.15) is 11.6 Å². The summed E-state index contributed by atoms with van der Waals surface area (Å²) in [5.41, 5.74) is 2.48. The zero-order chi connectivity index (χ0) is 25.6. The molecule has 2 aromatic carbocycles. The van der Waals surface area contributed by atoms with Crippen molar-refractivity contribution < 1.29 is 44.5 Å². The van der Waals surface area contributed by atoms with Crippen LogP contribution in [0.2, 0.25) is 5.02 Å². The van der Waals surface area contributed by atoms with Crippen LogP contribution >= 0.6 is 11.6 Å². The molecule has 0 fully saturated rings. The molecular formula is C27H36ClLiN2O5. The van der Waals surface area contributed by atoms with Crippen molar-refractivity contribution in [2.75, 3.05) is 26.8 Å². The Morgan fingerprint density at radius 3 is 2.39 bits per heavy atom. The fourth-order valence-electron chi connectivity index (χ4n) is 4.35. The number of ether oxygens (including phenoxy) is 2. The fourth-order valence-corrected chi connectivity index (χ4v) is 4.48. The first-order chi connectivity index (χ1) is 16.6. The summed E-state index contributed by atoms with van der Waals surface area (Å²) < 4.78 is 11.0. The quantitative estimate of drug-likeness (QED) is 0.518. The number of amides is 1. The second-order valence-corrected chi connectivity index (χ2v) is 10.3. The first-order valence-corrected chi connectivity index (χ1v) is 12.2. The predicted octanol–water partition coefficient (Wildman–Crippen LogP) is 1.76. The van der Waals surface area contributed by atoms with Crippen molar-refractivity contribution >= 4 is 23.7 Å². The van der Waals surface area contributed by atoms with Gasteiger partial charge in [0.25, 0.3) is 0 Å². The molecule has 192 valence electrons. The van der Waals surface area contributed by atoms with Gasteiger partial charge in [-0.15, -0.1) is 0 Å². The van der Waals surface area contributed by atoms with Crippen LogP contribution in [-0.4, -0.2) is 71.5 Å². The molecule has 0 saturated heterocycles. The molecule has 9 heteroatoms. The number of methoxy groups -OCH3 is 1. The number of halogens is 1. The van der Waals surface area contributed by atoms with E-state index in [9.17, 15) is 14.7 Å². The van der Waals surface area contributed by atoms with E-state index in [1.165, 1.54) is 0 Å². The summed E-state index contributed by atoms with van der Waals surface area (Å²) in [4.78, 5) is 29.2. The van der Waals surface area contributed by atoms with Crippen LogP contribution in [-0.2, 0) is 33.7 Å². The number of fused-ring (bicyclic) bond motifs is 1. The molecule has 7 nitrogen and oxygen atoms in total. The summed E-state index contributed by atoms with van der Waals surface area (Å²) in [6.45, 7) is 7.12. The SMILES string of the molecule is COCCN(CC1Cc2ccccc2CN1C(=O)OC(C)(C)C)C(Cc1ccc(Cl)cc1)C(=O)O.[H-].[Li+]. The van der Waals surface area contributed by atoms with E-state index in [0.29, 0.717) is 44.1 Å². The standard InChI is InChI=1S/C27H35ClN2O5.Li.H/c1-27(2,3)35-26(33)30-17-21-8-6-5-7-20(21)16-23(30)18-29(13-14-34-4)24(25(31)32)15-19-9-11-22(28)12-10-19;;/h5-12,23-24H,13-18H2,1-4H3,(H,31,32);;/q;+1;-1. The molecule has 1 amide bonds. The molecule has 2 unspecified atom stereocenters.